The summed E-state index contributed by atoms with van der Waals surface area (Å²) in [5.74, 6) is 0.307. The van der Waals surface area contributed by atoms with Crippen LogP contribution in [0.1, 0.15) is 13.3 Å². The molecule has 1 aromatic rings. The molecule has 25 heavy (non-hydrogen) atoms. The number of aliphatic hydroxyl groups is 1. The van der Waals surface area contributed by atoms with Crippen LogP contribution in [0.4, 0.5) is 24.9 Å². The first-order valence-electron chi connectivity index (χ1n) is 8.23. The Labute approximate surface area is 142 Å². The number of β-amino-alcohol motifs (C(OH)–C–C–N with tert-alkyl or cyclic N) is 1. The first-order valence-corrected chi connectivity index (χ1v) is 8.23. The Bertz CT molecular complexity index is 679. The largest absolute Gasteiger partial charge is 0.408 e. The number of aliphatic hydroxyl groups excluding tert-OH is 1. The molecule has 3 heterocycles. The number of nitrogens with zero attached hydrogens (tertiary/aromatic N) is 4. The van der Waals surface area contributed by atoms with E-state index in [2.05, 4.69) is 4.98 Å². The van der Waals surface area contributed by atoms with Gasteiger partial charge in [-0.2, -0.15) is 18.2 Å². The fourth-order valence-corrected chi connectivity index (χ4v) is 3.38. The molecule has 0 radical (unpaired) electrons. The van der Waals surface area contributed by atoms with Crippen LogP contribution in [0.25, 0.3) is 0 Å². The average molecular weight is 362 g/mol. The van der Waals surface area contributed by atoms with E-state index >= 15 is 0 Å². The molecule has 2 aliphatic heterocycles. The van der Waals surface area contributed by atoms with Crippen LogP contribution in [0.15, 0.2) is 10.9 Å². The molecule has 10 heteroatoms. The van der Waals surface area contributed by atoms with Crippen molar-refractivity contribution in [2.45, 2.75) is 38.1 Å². The number of morpholine rings is 1. The molecule has 0 saturated carbocycles. The molecule has 1 N–H and O–H groups in total. The van der Waals surface area contributed by atoms with Crippen LogP contribution in [0.5, 0.6) is 0 Å². The Kier molecular flexibility index (Phi) is 4.92. The Morgan fingerprint density at radius 1 is 1.40 bits per heavy atom. The van der Waals surface area contributed by atoms with Crippen molar-refractivity contribution in [1.29, 1.82) is 0 Å². The highest BCUT2D eigenvalue weighted by molar-refractivity contribution is 5.47. The summed E-state index contributed by atoms with van der Waals surface area (Å²) in [6.45, 7) is 2.61. The van der Waals surface area contributed by atoms with E-state index in [0.29, 0.717) is 25.6 Å². The van der Waals surface area contributed by atoms with Gasteiger partial charge in [-0.05, 0) is 13.3 Å². The number of fused-ring (bicyclic) bond motifs is 1. The number of ether oxygens (including phenoxy) is 1. The molecule has 0 amide bonds. The Hall–Kier alpha value is -1.81. The van der Waals surface area contributed by atoms with Crippen molar-refractivity contribution in [3.63, 3.8) is 0 Å². The van der Waals surface area contributed by atoms with Crippen molar-refractivity contribution in [2.24, 2.45) is 0 Å². The Morgan fingerprint density at radius 2 is 2.16 bits per heavy atom. The number of hydrogen-bond donors (Lipinski definition) is 1. The van der Waals surface area contributed by atoms with Gasteiger partial charge in [0, 0.05) is 25.7 Å². The minimum absolute atomic E-state index is 0.0306. The van der Waals surface area contributed by atoms with Crippen LogP contribution in [-0.4, -0.2) is 65.8 Å². The first-order chi connectivity index (χ1) is 11.8. The summed E-state index contributed by atoms with van der Waals surface area (Å²) in [6, 6.07) is -0.433. The van der Waals surface area contributed by atoms with E-state index in [1.54, 1.807) is 0 Å². The molecule has 1 aromatic heterocycles. The highest BCUT2D eigenvalue weighted by Gasteiger charge is 2.46. The number of aromatic nitrogens is 2. The van der Waals surface area contributed by atoms with Gasteiger partial charge in [0.25, 0.3) is 5.56 Å². The average Bonchev–Trinajstić information content (AvgIpc) is 2.55. The van der Waals surface area contributed by atoms with Gasteiger partial charge in [-0.1, -0.05) is 0 Å². The van der Waals surface area contributed by atoms with Crippen molar-refractivity contribution in [3.8, 4) is 0 Å². The smallest absolute Gasteiger partial charge is 0.395 e. The zero-order valence-electron chi connectivity index (χ0n) is 13.9. The summed E-state index contributed by atoms with van der Waals surface area (Å²) in [6.07, 6.45) is -4.70. The number of hydrogen-bond acceptors (Lipinski definition) is 6. The van der Waals surface area contributed by atoms with Crippen LogP contribution in [0.2, 0.25) is 0 Å². The van der Waals surface area contributed by atoms with Crippen molar-refractivity contribution >= 4 is 11.8 Å². The van der Waals surface area contributed by atoms with E-state index in [1.807, 2.05) is 11.8 Å². The summed E-state index contributed by atoms with van der Waals surface area (Å²) in [5.41, 5.74) is -0.387. The second-order valence-corrected chi connectivity index (χ2v) is 6.28. The first kappa shape index (κ1) is 18.0. The van der Waals surface area contributed by atoms with Crippen molar-refractivity contribution in [1.82, 2.24) is 9.55 Å². The third kappa shape index (κ3) is 3.45. The van der Waals surface area contributed by atoms with Gasteiger partial charge in [-0.3, -0.25) is 9.36 Å². The lowest BCUT2D eigenvalue weighted by molar-refractivity contribution is -0.152. The highest BCUT2D eigenvalue weighted by Crippen LogP contribution is 2.34. The van der Waals surface area contributed by atoms with Crippen LogP contribution in [0, 0.1) is 0 Å². The second kappa shape index (κ2) is 6.83. The van der Waals surface area contributed by atoms with Gasteiger partial charge in [-0.25, -0.2) is 0 Å². The van der Waals surface area contributed by atoms with Gasteiger partial charge in [-0.15, -0.1) is 0 Å². The molecule has 0 aliphatic carbocycles. The molecule has 1 saturated heterocycles. The van der Waals surface area contributed by atoms with Crippen LogP contribution >= 0.6 is 0 Å². The maximum atomic E-state index is 13.4. The molecule has 0 spiro atoms. The molecule has 7 nitrogen and oxygen atoms in total. The quantitative estimate of drug-likeness (QED) is 0.849. The third-order valence-corrected chi connectivity index (χ3v) is 4.61. The van der Waals surface area contributed by atoms with Gasteiger partial charge in [0.1, 0.15) is 11.9 Å². The third-order valence-electron chi connectivity index (χ3n) is 4.61. The predicted octanol–water partition coefficient (Wildman–Crippen LogP) is 0.602. The number of rotatable bonds is 3. The van der Waals surface area contributed by atoms with Crippen molar-refractivity contribution in [2.75, 3.05) is 42.7 Å². The Balaban J connectivity index is 2.04. The van der Waals surface area contributed by atoms with E-state index < -0.39 is 18.8 Å². The fourth-order valence-electron chi connectivity index (χ4n) is 3.38. The van der Waals surface area contributed by atoms with Crippen molar-refractivity contribution < 1.29 is 23.0 Å². The van der Waals surface area contributed by atoms with Gasteiger partial charge >= 0.3 is 6.18 Å². The molecular weight excluding hydrogens is 341 g/mol. The molecule has 1 fully saturated rings. The molecule has 0 aromatic carbocycles. The zero-order chi connectivity index (χ0) is 18.2. The van der Waals surface area contributed by atoms with Crippen molar-refractivity contribution in [3.05, 3.63) is 16.4 Å². The summed E-state index contributed by atoms with van der Waals surface area (Å²) >= 11 is 0. The van der Waals surface area contributed by atoms with Gasteiger partial charge in [0.05, 0.1) is 25.9 Å². The lowest BCUT2D eigenvalue weighted by Crippen LogP contribution is -2.53. The molecule has 0 bridgehead atoms. The predicted molar refractivity (Wildman–Crippen MR) is 85.0 cm³/mol. The van der Waals surface area contributed by atoms with Gasteiger partial charge in [0.15, 0.2) is 0 Å². The normalized spacial score (nSPS) is 24.4. The SMILES string of the molecule is CC1COCCN1c1cc(=O)n2c(n1)N(CCO)C(C(F)(F)F)CC2. The van der Waals surface area contributed by atoms with E-state index in [1.165, 1.54) is 10.6 Å². The highest BCUT2D eigenvalue weighted by atomic mass is 19.4. The van der Waals surface area contributed by atoms with Crippen LogP contribution < -0.4 is 15.4 Å². The van der Waals surface area contributed by atoms with Crippen LogP contribution in [0.3, 0.4) is 0 Å². The summed E-state index contributed by atoms with van der Waals surface area (Å²) in [4.78, 5) is 19.6. The minimum atomic E-state index is -4.46. The van der Waals surface area contributed by atoms with E-state index in [9.17, 15) is 23.1 Å². The maximum Gasteiger partial charge on any atom is 0.408 e. The fraction of sp³-hybridized carbons (Fsp3) is 0.733. The minimum Gasteiger partial charge on any atom is -0.395 e. The topological polar surface area (TPSA) is 70.8 Å². The Morgan fingerprint density at radius 3 is 2.80 bits per heavy atom. The van der Waals surface area contributed by atoms with E-state index in [-0.39, 0.29) is 37.1 Å². The van der Waals surface area contributed by atoms with E-state index in [0.717, 1.165) is 4.90 Å². The molecule has 2 atom stereocenters. The monoisotopic (exact) mass is 362 g/mol. The zero-order valence-corrected chi connectivity index (χ0v) is 13.9. The molecule has 2 unspecified atom stereocenters. The summed E-state index contributed by atoms with van der Waals surface area (Å²) in [7, 11) is 0. The maximum absolute atomic E-state index is 13.4. The number of halogens is 3. The van der Waals surface area contributed by atoms with Gasteiger partial charge < -0.3 is 19.6 Å². The molecule has 2 aliphatic rings. The lowest BCUT2D eigenvalue weighted by Gasteiger charge is -2.40. The lowest BCUT2D eigenvalue weighted by atomic mass is 10.1. The summed E-state index contributed by atoms with van der Waals surface area (Å²) < 4.78 is 46.7. The molecule has 140 valence electrons. The summed E-state index contributed by atoms with van der Waals surface area (Å²) in [5, 5.41) is 9.21. The van der Waals surface area contributed by atoms with E-state index in [4.69, 9.17) is 4.74 Å². The number of anilines is 2. The molecule has 3 rings (SSSR count). The second-order valence-electron chi connectivity index (χ2n) is 6.28. The van der Waals surface area contributed by atoms with Gasteiger partial charge in [0.2, 0.25) is 5.95 Å². The van der Waals surface area contributed by atoms with Crippen LogP contribution in [-0.2, 0) is 11.3 Å². The number of alkyl halides is 3. The standard InChI is InChI=1S/C15H21F3N4O3/c1-10-9-25-7-5-20(10)12-8-13(24)22-3-2-11(15(16,17)18)21(4-6-23)14(22)19-12/h8,10-11,23H,2-7,9H2,1H3. The molecular formula is C15H21F3N4O3.